The number of hydrogen-bond acceptors (Lipinski definition) is 3. The summed E-state index contributed by atoms with van der Waals surface area (Å²) in [6.45, 7) is 3.83. The quantitative estimate of drug-likeness (QED) is 0.602. The number of cyclic esters (lactones) is 1. The first kappa shape index (κ1) is 9.72. The molecule has 0 radical (unpaired) electrons. The first-order valence-electron chi connectivity index (χ1n) is 4.83. The van der Waals surface area contributed by atoms with E-state index in [0.29, 0.717) is 12.0 Å². The van der Waals surface area contributed by atoms with E-state index in [1.165, 1.54) is 0 Å². The normalized spacial score (nSPS) is 19.0. The molecule has 3 nitrogen and oxygen atoms in total. The first-order chi connectivity index (χ1) is 7.13. The van der Waals surface area contributed by atoms with Crippen LogP contribution < -0.4 is 0 Å². The highest BCUT2D eigenvalue weighted by Gasteiger charge is 2.28. The number of nitriles is 1. The van der Waals surface area contributed by atoms with Crippen molar-refractivity contribution in [1.82, 2.24) is 0 Å². The lowest BCUT2D eigenvalue weighted by molar-refractivity contribution is 0.0369. The van der Waals surface area contributed by atoms with Crippen LogP contribution >= 0.6 is 0 Å². The molecule has 1 aromatic carbocycles. The summed E-state index contributed by atoms with van der Waals surface area (Å²) in [5.41, 5.74) is 3.56. The first-order valence-corrected chi connectivity index (χ1v) is 4.83. The predicted octanol–water partition coefficient (Wildman–Crippen LogP) is 1.91. The summed E-state index contributed by atoms with van der Waals surface area (Å²) >= 11 is 0. The molecule has 1 aromatic rings. The molecular formula is C12H11NO2. The van der Waals surface area contributed by atoms with Crippen molar-refractivity contribution in [3.63, 3.8) is 0 Å². The van der Waals surface area contributed by atoms with Crippen LogP contribution in [0.4, 0.5) is 0 Å². The van der Waals surface area contributed by atoms with Crippen molar-refractivity contribution in [2.24, 2.45) is 0 Å². The minimum atomic E-state index is -0.634. The Balaban J connectivity index is 2.60. The van der Waals surface area contributed by atoms with Crippen LogP contribution in [0.2, 0.25) is 0 Å². The number of esters is 1. The van der Waals surface area contributed by atoms with Crippen LogP contribution in [0, 0.1) is 25.2 Å². The SMILES string of the molecule is Cc1ccc(C)c2c1CC(C#N)OC2=O. The summed E-state index contributed by atoms with van der Waals surface area (Å²) in [6.07, 6.45) is -0.129. The maximum absolute atomic E-state index is 11.7. The molecule has 0 aromatic heterocycles. The number of nitrogens with zero attached hydrogens (tertiary/aromatic N) is 1. The van der Waals surface area contributed by atoms with Crippen molar-refractivity contribution in [2.45, 2.75) is 26.4 Å². The zero-order chi connectivity index (χ0) is 11.0. The third-order valence-electron chi connectivity index (χ3n) is 2.74. The minimum Gasteiger partial charge on any atom is -0.443 e. The van der Waals surface area contributed by atoms with E-state index in [1.54, 1.807) is 0 Å². The third-order valence-corrected chi connectivity index (χ3v) is 2.74. The summed E-state index contributed by atoms with van der Waals surface area (Å²) in [5.74, 6) is -0.371. The van der Waals surface area contributed by atoms with Gasteiger partial charge in [0.05, 0.1) is 5.56 Å². The zero-order valence-corrected chi connectivity index (χ0v) is 8.70. The Hall–Kier alpha value is -1.82. The molecule has 1 unspecified atom stereocenters. The van der Waals surface area contributed by atoms with E-state index in [4.69, 9.17) is 10.00 Å². The van der Waals surface area contributed by atoms with Crippen molar-refractivity contribution in [3.8, 4) is 6.07 Å². The Bertz CT molecular complexity index is 471. The summed E-state index contributed by atoms with van der Waals surface area (Å²) < 4.78 is 5.00. The van der Waals surface area contributed by atoms with Crippen LogP contribution in [0.1, 0.15) is 27.0 Å². The molecule has 15 heavy (non-hydrogen) atoms. The standard InChI is InChI=1S/C12H11NO2/c1-7-3-4-8(2)11-10(7)5-9(6-13)15-12(11)14/h3-4,9H,5H2,1-2H3. The van der Waals surface area contributed by atoms with E-state index in [1.807, 2.05) is 32.0 Å². The van der Waals surface area contributed by atoms with Crippen molar-refractivity contribution >= 4 is 5.97 Å². The molecule has 0 aliphatic carbocycles. The van der Waals surface area contributed by atoms with Gasteiger partial charge in [-0.2, -0.15) is 5.26 Å². The van der Waals surface area contributed by atoms with Gasteiger partial charge in [-0.05, 0) is 30.5 Å². The zero-order valence-electron chi connectivity index (χ0n) is 8.70. The van der Waals surface area contributed by atoms with Crippen molar-refractivity contribution < 1.29 is 9.53 Å². The number of carbonyl (C=O) groups excluding carboxylic acids is 1. The maximum Gasteiger partial charge on any atom is 0.340 e. The highest BCUT2D eigenvalue weighted by molar-refractivity contribution is 5.94. The third kappa shape index (κ3) is 1.48. The van der Waals surface area contributed by atoms with E-state index in [2.05, 4.69) is 0 Å². The molecule has 1 aliphatic rings. The lowest BCUT2D eigenvalue weighted by atomic mass is 9.91. The van der Waals surface area contributed by atoms with E-state index >= 15 is 0 Å². The molecule has 2 rings (SSSR count). The maximum atomic E-state index is 11.7. The van der Waals surface area contributed by atoms with Crippen molar-refractivity contribution in [1.29, 1.82) is 5.26 Å². The van der Waals surface area contributed by atoms with Crippen LogP contribution in [0.25, 0.3) is 0 Å². The summed E-state index contributed by atoms with van der Waals surface area (Å²) in [6, 6.07) is 5.86. The molecule has 76 valence electrons. The molecule has 0 amide bonds. The molecule has 0 saturated heterocycles. The molecule has 0 spiro atoms. The average molecular weight is 201 g/mol. The van der Waals surface area contributed by atoms with Crippen LogP contribution in [0.5, 0.6) is 0 Å². The number of fused-ring (bicyclic) bond motifs is 1. The molecule has 0 N–H and O–H groups in total. The van der Waals surface area contributed by atoms with E-state index in [9.17, 15) is 4.79 Å². The van der Waals surface area contributed by atoms with Crippen molar-refractivity contribution in [2.75, 3.05) is 0 Å². The second-order valence-corrected chi connectivity index (χ2v) is 3.78. The number of aryl methyl sites for hydroxylation is 2. The van der Waals surface area contributed by atoms with Crippen LogP contribution in [0.3, 0.4) is 0 Å². The predicted molar refractivity (Wildman–Crippen MR) is 54.4 cm³/mol. The lowest BCUT2D eigenvalue weighted by Gasteiger charge is -2.22. The molecule has 1 aliphatic heterocycles. The number of carbonyl (C=O) groups is 1. The summed E-state index contributed by atoms with van der Waals surface area (Å²) in [5, 5.41) is 8.77. The molecule has 3 heteroatoms. The van der Waals surface area contributed by atoms with Crippen LogP contribution in [-0.2, 0) is 11.2 Å². The number of hydrogen-bond donors (Lipinski definition) is 0. The van der Waals surface area contributed by atoms with Gasteiger partial charge in [-0.1, -0.05) is 12.1 Å². The Kier molecular flexibility index (Phi) is 2.20. The van der Waals surface area contributed by atoms with Crippen LogP contribution in [0.15, 0.2) is 12.1 Å². The Morgan fingerprint density at radius 2 is 2.07 bits per heavy atom. The van der Waals surface area contributed by atoms with Gasteiger partial charge < -0.3 is 4.74 Å². The molecule has 1 heterocycles. The molecule has 0 saturated carbocycles. The summed E-state index contributed by atoms with van der Waals surface area (Å²) in [7, 11) is 0. The van der Waals surface area contributed by atoms with Gasteiger partial charge in [-0.25, -0.2) is 4.79 Å². The Labute approximate surface area is 88.3 Å². The number of rotatable bonds is 0. The fourth-order valence-corrected chi connectivity index (χ4v) is 1.90. The van der Waals surface area contributed by atoms with Gasteiger partial charge in [0.2, 0.25) is 0 Å². The van der Waals surface area contributed by atoms with Gasteiger partial charge in [0.15, 0.2) is 6.10 Å². The Morgan fingerprint density at radius 3 is 2.73 bits per heavy atom. The highest BCUT2D eigenvalue weighted by atomic mass is 16.5. The summed E-state index contributed by atoms with van der Waals surface area (Å²) in [4.78, 5) is 11.7. The smallest absolute Gasteiger partial charge is 0.340 e. The fourth-order valence-electron chi connectivity index (χ4n) is 1.90. The van der Waals surface area contributed by atoms with Gasteiger partial charge in [0, 0.05) is 6.42 Å². The van der Waals surface area contributed by atoms with Gasteiger partial charge in [-0.15, -0.1) is 0 Å². The number of benzene rings is 1. The fraction of sp³-hybridized carbons (Fsp3) is 0.333. The van der Waals surface area contributed by atoms with Gasteiger partial charge in [0.25, 0.3) is 0 Å². The second kappa shape index (κ2) is 3.39. The lowest BCUT2D eigenvalue weighted by Crippen LogP contribution is -2.27. The molecule has 0 bridgehead atoms. The molecule has 0 fully saturated rings. The van der Waals surface area contributed by atoms with E-state index in [-0.39, 0.29) is 5.97 Å². The van der Waals surface area contributed by atoms with Gasteiger partial charge in [-0.3, -0.25) is 0 Å². The molecular weight excluding hydrogens is 190 g/mol. The average Bonchev–Trinajstić information content (AvgIpc) is 2.23. The van der Waals surface area contributed by atoms with Gasteiger partial charge in [0.1, 0.15) is 6.07 Å². The van der Waals surface area contributed by atoms with Gasteiger partial charge >= 0.3 is 5.97 Å². The Morgan fingerprint density at radius 1 is 1.40 bits per heavy atom. The van der Waals surface area contributed by atoms with Crippen molar-refractivity contribution in [3.05, 3.63) is 34.4 Å². The monoisotopic (exact) mass is 201 g/mol. The minimum absolute atomic E-state index is 0.371. The second-order valence-electron chi connectivity index (χ2n) is 3.78. The topological polar surface area (TPSA) is 50.1 Å². The molecule has 1 atom stereocenters. The van der Waals surface area contributed by atoms with Crippen LogP contribution in [-0.4, -0.2) is 12.1 Å². The largest absolute Gasteiger partial charge is 0.443 e. The van der Waals surface area contributed by atoms with E-state index < -0.39 is 6.10 Å². The highest BCUT2D eigenvalue weighted by Crippen LogP contribution is 2.26. The number of ether oxygens (including phenoxy) is 1. The van der Waals surface area contributed by atoms with E-state index in [0.717, 1.165) is 16.7 Å².